The minimum atomic E-state index is -1.34. The molecule has 1 aliphatic heterocycles. The fourth-order valence-corrected chi connectivity index (χ4v) is 5.98. The molecule has 5 N–H and O–H groups in total. The molecule has 11 nitrogen and oxygen atoms in total. The number of benzene rings is 2. The van der Waals surface area contributed by atoms with Crippen LogP contribution in [-0.4, -0.2) is 63.0 Å². The zero-order valence-electron chi connectivity index (χ0n) is 24.3. The molecule has 5 unspecified atom stereocenters. The Balaban J connectivity index is 1.92. The number of carboxylic acids is 2. The zero-order valence-corrected chi connectivity index (χ0v) is 24.3. The van der Waals surface area contributed by atoms with Crippen molar-refractivity contribution in [3.63, 3.8) is 0 Å². The van der Waals surface area contributed by atoms with Crippen molar-refractivity contribution < 1.29 is 34.6 Å². The van der Waals surface area contributed by atoms with Crippen molar-refractivity contribution in [1.82, 2.24) is 10.6 Å². The second-order valence-corrected chi connectivity index (χ2v) is 11.1. The van der Waals surface area contributed by atoms with Gasteiger partial charge in [-0.05, 0) is 38.8 Å². The molecule has 2 aromatic rings. The average Bonchev–Trinajstić information content (AvgIpc) is 2.94. The predicted octanol–water partition coefficient (Wildman–Crippen LogP) is 4.47. The van der Waals surface area contributed by atoms with Crippen LogP contribution < -0.4 is 15.4 Å². The van der Waals surface area contributed by atoms with Gasteiger partial charge in [0.1, 0.15) is 18.5 Å². The highest BCUT2D eigenvalue weighted by atomic mass is 16.6. The second-order valence-electron chi connectivity index (χ2n) is 11.1. The lowest BCUT2D eigenvalue weighted by atomic mass is 9.65. The average molecular weight is 584 g/mol. The summed E-state index contributed by atoms with van der Waals surface area (Å²) in [7, 11) is 0. The molecule has 0 aliphatic carbocycles. The van der Waals surface area contributed by atoms with Crippen molar-refractivity contribution in [2.24, 2.45) is 5.92 Å². The normalized spacial score (nSPS) is 21.7. The molecule has 0 fully saturated rings. The molecule has 3 rings (SSSR count). The Morgan fingerprint density at radius 1 is 1.12 bits per heavy atom. The standard InChI is InChI=1S/C31H41N3O8/c1-4-5-7-12-21(32-18-22(35)19-42-23-13-8-6-9-14-23)17-31(3)28(30(38)39)27(26(29(36)37)20(2)33-31)24-15-10-11-16-25(24)34(40)41/h6,8-11,13-16,21-22,27-28,32-33,35H,4-5,7,12,17-19H2,1-3H3,(H,36,37)(H,38,39). The van der Waals surface area contributed by atoms with E-state index >= 15 is 0 Å². The summed E-state index contributed by atoms with van der Waals surface area (Å²) in [6.45, 7) is 5.62. The molecule has 1 heterocycles. The van der Waals surface area contributed by atoms with Gasteiger partial charge in [0, 0.05) is 41.4 Å². The van der Waals surface area contributed by atoms with E-state index in [1.54, 1.807) is 32.0 Å². The first-order valence-corrected chi connectivity index (χ1v) is 14.3. The Morgan fingerprint density at radius 2 is 1.79 bits per heavy atom. The van der Waals surface area contributed by atoms with Crippen molar-refractivity contribution >= 4 is 17.6 Å². The van der Waals surface area contributed by atoms with Gasteiger partial charge in [0.25, 0.3) is 5.69 Å². The van der Waals surface area contributed by atoms with E-state index in [4.69, 9.17) is 4.74 Å². The summed E-state index contributed by atoms with van der Waals surface area (Å²) in [5, 5.41) is 49.8. The third-order valence-electron chi connectivity index (χ3n) is 7.83. The van der Waals surface area contributed by atoms with E-state index in [1.165, 1.54) is 18.2 Å². The number of unbranched alkanes of at least 4 members (excludes halogenated alkanes) is 2. The van der Waals surface area contributed by atoms with E-state index in [0.29, 0.717) is 12.2 Å². The number of carbonyl (C=O) groups is 2. The number of nitro benzene ring substituents is 1. The first-order valence-electron chi connectivity index (χ1n) is 14.3. The number of carboxylic acid groups (broad SMARTS) is 2. The molecule has 11 heteroatoms. The number of para-hydroxylation sites is 2. The summed E-state index contributed by atoms with van der Waals surface area (Å²) in [4.78, 5) is 36.7. The molecule has 228 valence electrons. The Labute approximate surface area is 245 Å². The van der Waals surface area contributed by atoms with Gasteiger partial charge in [-0.25, -0.2) is 4.79 Å². The molecule has 0 spiro atoms. The molecule has 0 bridgehead atoms. The SMILES string of the molecule is CCCCCC(CC1(C)NC(C)=C(C(=O)O)C(c2ccccc2[N+](=O)[O-])C1C(=O)O)NCC(O)COc1ccccc1. The van der Waals surface area contributed by atoms with Crippen LogP contribution in [0.3, 0.4) is 0 Å². The molecular weight excluding hydrogens is 542 g/mol. The van der Waals surface area contributed by atoms with Crippen LogP contribution in [-0.2, 0) is 9.59 Å². The van der Waals surface area contributed by atoms with Crippen LogP contribution in [0.15, 0.2) is 65.9 Å². The van der Waals surface area contributed by atoms with Crippen LogP contribution >= 0.6 is 0 Å². The summed E-state index contributed by atoms with van der Waals surface area (Å²) >= 11 is 0. The monoisotopic (exact) mass is 583 g/mol. The van der Waals surface area contributed by atoms with Crippen LogP contribution in [0.2, 0.25) is 0 Å². The number of allylic oxidation sites excluding steroid dienone is 1. The quantitative estimate of drug-likeness (QED) is 0.108. The fourth-order valence-electron chi connectivity index (χ4n) is 5.98. The molecule has 5 atom stereocenters. The number of hydrogen-bond acceptors (Lipinski definition) is 8. The Morgan fingerprint density at radius 3 is 2.40 bits per heavy atom. The van der Waals surface area contributed by atoms with Gasteiger partial charge in [-0.3, -0.25) is 14.9 Å². The summed E-state index contributed by atoms with van der Waals surface area (Å²) < 4.78 is 5.66. The lowest BCUT2D eigenvalue weighted by molar-refractivity contribution is -0.385. The van der Waals surface area contributed by atoms with Crippen LogP contribution in [0.5, 0.6) is 5.75 Å². The van der Waals surface area contributed by atoms with Crippen molar-refractivity contribution in [3.8, 4) is 5.75 Å². The lowest BCUT2D eigenvalue weighted by Gasteiger charge is -2.47. The molecule has 1 aliphatic rings. The molecule has 42 heavy (non-hydrogen) atoms. The van der Waals surface area contributed by atoms with Gasteiger partial charge in [-0.2, -0.15) is 0 Å². The largest absolute Gasteiger partial charge is 0.491 e. The van der Waals surface area contributed by atoms with E-state index in [-0.39, 0.29) is 48.1 Å². The Kier molecular flexibility index (Phi) is 11.5. The van der Waals surface area contributed by atoms with Crippen LogP contribution in [0, 0.1) is 16.0 Å². The first-order chi connectivity index (χ1) is 20.0. The van der Waals surface area contributed by atoms with Crippen molar-refractivity contribution in [3.05, 3.63) is 81.5 Å². The number of nitro groups is 1. The summed E-state index contributed by atoms with van der Waals surface area (Å²) in [5.74, 6) is -4.57. The number of aliphatic carboxylic acids is 2. The van der Waals surface area contributed by atoms with Gasteiger partial charge in [0.15, 0.2) is 0 Å². The van der Waals surface area contributed by atoms with E-state index in [2.05, 4.69) is 17.6 Å². The third kappa shape index (κ3) is 8.07. The van der Waals surface area contributed by atoms with Crippen molar-refractivity contribution in [2.75, 3.05) is 13.2 Å². The van der Waals surface area contributed by atoms with Crippen molar-refractivity contribution in [1.29, 1.82) is 0 Å². The van der Waals surface area contributed by atoms with Gasteiger partial charge in [0.05, 0.1) is 16.4 Å². The van der Waals surface area contributed by atoms with E-state index in [1.807, 2.05) is 18.2 Å². The zero-order chi connectivity index (χ0) is 30.9. The lowest BCUT2D eigenvalue weighted by Crippen LogP contribution is -2.60. The smallest absolute Gasteiger partial charge is 0.333 e. The maximum Gasteiger partial charge on any atom is 0.333 e. The summed E-state index contributed by atoms with van der Waals surface area (Å²) in [6, 6.07) is 14.6. The maximum atomic E-state index is 12.9. The summed E-state index contributed by atoms with van der Waals surface area (Å²) in [6.07, 6.45) is 2.93. The van der Waals surface area contributed by atoms with E-state index in [9.17, 15) is 35.0 Å². The van der Waals surface area contributed by atoms with Gasteiger partial charge < -0.3 is 30.7 Å². The molecule has 0 radical (unpaired) electrons. The fraction of sp³-hybridized carbons (Fsp3) is 0.484. The topological polar surface area (TPSA) is 171 Å². The first kappa shape index (κ1) is 32.6. The minimum absolute atomic E-state index is 0.0448. The predicted molar refractivity (Wildman–Crippen MR) is 157 cm³/mol. The molecule has 2 aromatic carbocycles. The summed E-state index contributed by atoms with van der Waals surface area (Å²) in [5.41, 5.74) is -1.42. The molecule has 0 aromatic heterocycles. The van der Waals surface area contributed by atoms with Crippen LogP contribution in [0.25, 0.3) is 0 Å². The highest BCUT2D eigenvalue weighted by molar-refractivity contribution is 5.92. The van der Waals surface area contributed by atoms with Gasteiger partial charge >= 0.3 is 11.9 Å². The highest BCUT2D eigenvalue weighted by Crippen LogP contribution is 2.47. The number of aliphatic hydroxyl groups is 1. The number of aliphatic hydroxyl groups excluding tert-OH is 1. The maximum absolute atomic E-state index is 12.9. The third-order valence-corrected chi connectivity index (χ3v) is 7.83. The molecule has 0 saturated heterocycles. The van der Waals surface area contributed by atoms with E-state index < -0.39 is 40.3 Å². The number of nitrogens with one attached hydrogen (secondary N) is 2. The van der Waals surface area contributed by atoms with Crippen LogP contribution in [0.4, 0.5) is 5.69 Å². The molecule has 0 amide bonds. The minimum Gasteiger partial charge on any atom is -0.491 e. The number of nitrogens with zero attached hydrogens (tertiary/aromatic N) is 1. The van der Waals surface area contributed by atoms with E-state index in [0.717, 1.165) is 19.3 Å². The van der Waals surface area contributed by atoms with Gasteiger partial charge in [0.2, 0.25) is 0 Å². The second kappa shape index (κ2) is 14.8. The van der Waals surface area contributed by atoms with Gasteiger partial charge in [-0.15, -0.1) is 0 Å². The van der Waals surface area contributed by atoms with Gasteiger partial charge in [-0.1, -0.05) is 62.6 Å². The Bertz CT molecular complexity index is 1270. The number of ether oxygens (including phenoxy) is 1. The Hall–Kier alpha value is -3.96. The highest BCUT2D eigenvalue weighted by Gasteiger charge is 2.53. The van der Waals surface area contributed by atoms with Crippen molar-refractivity contribution in [2.45, 2.75) is 76.5 Å². The number of hydrogen-bond donors (Lipinski definition) is 5. The molecular formula is C31H41N3O8. The van der Waals surface area contributed by atoms with Crippen LogP contribution in [0.1, 0.15) is 64.4 Å². The number of rotatable bonds is 16. The molecule has 0 saturated carbocycles.